The molecule has 0 saturated heterocycles. The molecule has 0 radical (unpaired) electrons. The van der Waals surface area contributed by atoms with Crippen molar-refractivity contribution in [3.05, 3.63) is 29.2 Å². The molecule has 0 bridgehead atoms. The van der Waals surface area contributed by atoms with Gasteiger partial charge in [0.1, 0.15) is 0 Å². The molecular formula is C15H23N5O. The predicted octanol–water partition coefficient (Wildman–Crippen LogP) is 2.58. The Morgan fingerprint density at radius 2 is 2.33 bits per heavy atom. The summed E-state index contributed by atoms with van der Waals surface area (Å²) in [7, 11) is 0. The molecule has 0 spiro atoms. The van der Waals surface area contributed by atoms with Crippen LogP contribution in [0.15, 0.2) is 10.7 Å². The quantitative estimate of drug-likeness (QED) is 0.916. The molecule has 0 aliphatic heterocycles. The molecule has 1 N–H and O–H groups in total. The van der Waals surface area contributed by atoms with Gasteiger partial charge in [0.2, 0.25) is 5.89 Å². The summed E-state index contributed by atoms with van der Waals surface area (Å²) in [5.41, 5.74) is 2.69. The summed E-state index contributed by atoms with van der Waals surface area (Å²) in [5, 5.41) is 12.1. The van der Waals surface area contributed by atoms with Gasteiger partial charge in [0.15, 0.2) is 5.82 Å². The number of aryl methyl sites for hydroxylation is 2. The van der Waals surface area contributed by atoms with Gasteiger partial charge >= 0.3 is 0 Å². The van der Waals surface area contributed by atoms with E-state index in [9.17, 15) is 0 Å². The van der Waals surface area contributed by atoms with Crippen molar-refractivity contribution in [2.45, 2.75) is 65.1 Å². The van der Waals surface area contributed by atoms with Gasteiger partial charge in [0.25, 0.3) is 0 Å². The Kier molecular flexibility index (Phi) is 4.05. The van der Waals surface area contributed by atoms with Crippen LogP contribution in [-0.4, -0.2) is 19.9 Å². The van der Waals surface area contributed by atoms with Gasteiger partial charge in [-0.25, -0.2) is 0 Å². The molecule has 3 rings (SSSR count). The fourth-order valence-electron chi connectivity index (χ4n) is 3.02. The van der Waals surface area contributed by atoms with Crippen molar-refractivity contribution in [3.63, 3.8) is 0 Å². The Balaban J connectivity index is 1.75. The van der Waals surface area contributed by atoms with Crippen LogP contribution in [0, 0.1) is 0 Å². The molecule has 21 heavy (non-hydrogen) atoms. The molecule has 0 amide bonds. The lowest BCUT2D eigenvalue weighted by molar-refractivity contribution is 0.312. The summed E-state index contributed by atoms with van der Waals surface area (Å²) in [4.78, 5) is 4.41. The zero-order valence-electron chi connectivity index (χ0n) is 13.0. The van der Waals surface area contributed by atoms with Crippen LogP contribution in [0.5, 0.6) is 0 Å². The highest BCUT2D eigenvalue weighted by molar-refractivity contribution is 5.25. The van der Waals surface area contributed by atoms with E-state index in [-0.39, 0.29) is 6.04 Å². The Bertz CT molecular complexity index is 603. The summed E-state index contributed by atoms with van der Waals surface area (Å²) in [6, 6.07) is 0.375. The van der Waals surface area contributed by atoms with E-state index in [4.69, 9.17) is 4.52 Å². The first-order valence-electron chi connectivity index (χ1n) is 7.86. The van der Waals surface area contributed by atoms with Crippen LogP contribution in [0.2, 0.25) is 0 Å². The van der Waals surface area contributed by atoms with Crippen LogP contribution in [0.3, 0.4) is 0 Å². The Morgan fingerprint density at radius 3 is 3.05 bits per heavy atom. The number of hydrogen-bond acceptors (Lipinski definition) is 5. The van der Waals surface area contributed by atoms with E-state index < -0.39 is 0 Å². The zero-order valence-corrected chi connectivity index (χ0v) is 13.0. The van der Waals surface area contributed by atoms with Crippen LogP contribution in [-0.2, 0) is 19.4 Å². The molecule has 0 aromatic carbocycles. The first kappa shape index (κ1) is 14.3. The van der Waals surface area contributed by atoms with Crippen molar-refractivity contribution in [2.24, 2.45) is 0 Å². The van der Waals surface area contributed by atoms with Crippen LogP contribution in [0.25, 0.3) is 0 Å². The monoisotopic (exact) mass is 289 g/mol. The molecule has 6 nitrogen and oxygen atoms in total. The minimum absolute atomic E-state index is 0.0544. The largest absolute Gasteiger partial charge is 0.338 e. The maximum Gasteiger partial charge on any atom is 0.243 e. The second-order valence-electron chi connectivity index (χ2n) is 5.60. The third kappa shape index (κ3) is 2.72. The molecule has 0 fully saturated rings. The van der Waals surface area contributed by atoms with E-state index in [1.54, 1.807) is 0 Å². The van der Waals surface area contributed by atoms with Gasteiger partial charge in [-0.05, 0) is 33.1 Å². The molecule has 114 valence electrons. The standard InChI is InChI=1S/C15H23N5O/c1-4-14-18-15(21-19-14)10(3)17-12-7-6-8-13-11(12)9-16-20(13)5-2/h9-10,12,17H,4-8H2,1-3H3/t10-,12-/m0/s1. The fourth-order valence-corrected chi connectivity index (χ4v) is 3.02. The van der Waals surface area contributed by atoms with Crippen LogP contribution in [0.1, 0.15) is 68.7 Å². The molecule has 6 heteroatoms. The summed E-state index contributed by atoms with van der Waals surface area (Å²) >= 11 is 0. The van der Waals surface area contributed by atoms with Crippen molar-refractivity contribution in [1.29, 1.82) is 0 Å². The van der Waals surface area contributed by atoms with Crippen molar-refractivity contribution >= 4 is 0 Å². The van der Waals surface area contributed by atoms with E-state index in [1.807, 2.05) is 13.1 Å². The second kappa shape index (κ2) is 5.97. The fraction of sp³-hybridized carbons (Fsp3) is 0.667. The molecule has 2 atom stereocenters. The van der Waals surface area contributed by atoms with E-state index in [0.717, 1.165) is 31.6 Å². The van der Waals surface area contributed by atoms with Gasteiger partial charge in [-0.3, -0.25) is 10.00 Å². The third-order valence-corrected chi connectivity index (χ3v) is 4.18. The first-order valence-corrected chi connectivity index (χ1v) is 7.86. The van der Waals surface area contributed by atoms with Gasteiger partial charge in [-0.15, -0.1) is 0 Å². The minimum atomic E-state index is 0.0544. The second-order valence-corrected chi connectivity index (χ2v) is 5.60. The lowest BCUT2D eigenvalue weighted by Gasteiger charge is -2.26. The highest BCUT2D eigenvalue weighted by atomic mass is 16.5. The molecule has 2 aromatic heterocycles. The molecule has 2 heterocycles. The Labute approximate surface area is 124 Å². The first-order chi connectivity index (χ1) is 10.2. The number of aromatic nitrogens is 4. The van der Waals surface area contributed by atoms with E-state index in [2.05, 4.69) is 39.1 Å². The normalized spacial score (nSPS) is 19.5. The Hall–Kier alpha value is -1.69. The summed E-state index contributed by atoms with van der Waals surface area (Å²) in [6.07, 6.45) is 6.24. The number of nitrogens with one attached hydrogen (secondary N) is 1. The number of hydrogen-bond donors (Lipinski definition) is 1. The van der Waals surface area contributed by atoms with Crippen LogP contribution < -0.4 is 5.32 Å². The number of rotatable bonds is 5. The predicted molar refractivity (Wildman–Crippen MR) is 78.8 cm³/mol. The van der Waals surface area contributed by atoms with Crippen LogP contribution >= 0.6 is 0 Å². The molecule has 1 aliphatic carbocycles. The zero-order chi connectivity index (χ0) is 14.8. The highest BCUT2D eigenvalue weighted by Crippen LogP contribution is 2.31. The van der Waals surface area contributed by atoms with Crippen LogP contribution in [0.4, 0.5) is 0 Å². The van der Waals surface area contributed by atoms with Crippen molar-refractivity contribution in [2.75, 3.05) is 0 Å². The molecule has 0 unspecified atom stereocenters. The minimum Gasteiger partial charge on any atom is -0.338 e. The van der Waals surface area contributed by atoms with Crippen molar-refractivity contribution in [3.8, 4) is 0 Å². The molecule has 0 saturated carbocycles. The third-order valence-electron chi connectivity index (χ3n) is 4.18. The van der Waals surface area contributed by atoms with E-state index in [1.165, 1.54) is 17.7 Å². The molecule has 2 aromatic rings. The summed E-state index contributed by atoms with van der Waals surface area (Å²) in [5.74, 6) is 1.43. The molecule has 1 aliphatic rings. The number of fused-ring (bicyclic) bond motifs is 1. The topological polar surface area (TPSA) is 68.8 Å². The highest BCUT2D eigenvalue weighted by Gasteiger charge is 2.26. The van der Waals surface area contributed by atoms with Crippen molar-refractivity contribution in [1.82, 2.24) is 25.2 Å². The average molecular weight is 289 g/mol. The summed E-state index contributed by atoms with van der Waals surface area (Å²) < 4.78 is 7.44. The summed E-state index contributed by atoms with van der Waals surface area (Å²) in [6.45, 7) is 7.17. The lowest BCUT2D eigenvalue weighted by atomic mass is 9.92. The molecular weight excluding hydrogens is 266 g/mol. The maximum absolute atomic E-state index is 5.33. The van der Waals surface area contributed by atoms with Gasteiger partial charge in [0, 0.05) is 30.3 Å². The maximum atomic E-state index is 5.33. The van der Waals surface area contributed by atoms with Gasteiger partial charge in [-0.1, -0.05) is 12.1 Å². The Morgan fingerprint density at radius 1 is 1.48 bits per heavy atom. The number of nitrogens with zero attached hydrogens (tertiary/aromatic N) is 4. The van der Waals surface area contributed by atoms with E-state index in [0.29, 0.717) is 11.9 Å². The lowest BCUT2D eigenvalue weighted by Crippen LogP contribution is -2.28. The van der Waals surface area contributed by atoms with E-state index >= 15 is 0 Å². The van der Waals surface area contributed by atoms with Gasteiger partial charge in [0.05, 0.1) is 12.2 Å². The smallest absolute Gasteiger partial charge is 0.243 e. The van der Waals surface area contributed by atoms with Gasteiger partial charge in [-0.2, -0.15) is 10.1 Å². The SMILES string of the molecule is CCc1noc([C@H](C)N[C@H]2CCCc3c2cnn3CC)n1. The average Bonchev–Trinajstić information content (AvgIpc) is 3.14. The van der Waals surface area contributed by atoms with Crippen molar-refractivity contribution < 1.29 is 4.52 Å². The van der Waals surface area contributed by atoms with Gasteiger partial charge < -0.3 is 4.52 Å².